The van der Waals surface area contributed by atoms with Gasteiger partial charge in [-0.2, -0.15) is 0 Å². The van der Waals surface area contributed by atoms with E-state index in [1.807, 2.05) is 12.1 Å². The van der Waals surface area contributed by atoms with Crippen molar-refractivity contribution in [2.75, 3.05) is 0 Å². The maximum absolute atomic E-state index is 8.92. The lowest BCUT2D eigenvalue weighted by atomic mass is 9.80. The van der Waals surface area contributed by atoms with E-state index in [4.69, 9.17) is 14.5 Å². The van der Waals surface area contributed by atoms with Crippen molar-refractivity contribution in [1.82, 2.24) is 4.98 Å². The average molecular weight is 235 g/mol. The SMILES string of the molecule is OB(O)c1ccc(CSc2ncco2)cc1. The molecule has 0 atom stereocenters. The topological polar surface area (TPSA) is 66.5 Å². The van der Waals surface area contributed by atoms with E-state index in [0.29, 0.717) is 10.7 Å². The number of aromatic nitrogens is 1. The van der Waals surface area contributed by atoms with Crippen molar-refractivity contribution in [3.05, 3.63) is 42.3 Å². The molecule has 2 rings (SSSR count). The summed E-state index contributed by atoms with van der Waals surface area (Å²) in [6, 6.07) is 7.08. The Balaban J connectivity index is 1.95. The molecule has 1 aromatic heterocycles. The molecule has 6 heteroatoms. The van der Waals surface area contributed by atoms with Gasteiger partial charge in [-0.1, -0.05) is 36.0 Å². The molecule has 4 nitrogen and oxygen atoms in total. The van der Waals surface area contributed by atoms with Crippen LogP contribution in [0.4, 0.5) is 0 Å². The quantitative estimate of drug-likeness (QED) is 0.601. The Kier molecular flexibility index (Phi) is 3.66. The summed E-state index contributed by atoms with van der Waals surface area (Å²) < 4.78 is 5.09. The van der Waals surface area contributed by atoms with E-state index in [1.165, 1.54) is 18.0 Å². The van der Waals surface area contributed by atoms with Gasteiger partial charge in [0, 0.05) is 5.75 Å². The van der Waals surface area contributed by atoms with Crippen molar-refractivity contribution in [3.63, 3.8) is 0 Å². The molecule has 0 saturated carbocycles. The molecule has 2 N–H and O–H groups in total. The van der Waals surface area contributed by atoms with Crippen molar-refractivity contribution in [1.29, 1.82) is 0 Å². The van der Waals surface area contributed by atoms with E-state index in [9.17, 15) is 0 Å². The van der Waals surface area contributed by atoms with E-state index in [-0.39, 0.29) is 0 Å². The molecular weight excluding hydrogens is 225 g/mol. The minimum atomic E-state index is -1.41. The second-order valence-electron chi connectivity index (χ2n) is 3.20. The molecule has 0 fully saturated rings. The Hall–Kier alpha value is -1.24. The summed E-state index contributed by atoms with van der Waals surface area (Å²) in [5, 5.41) is 18.5. The Bertz CT molecular complexity index is 430. The molecule has 0 aliphatic heterocycles. The second kappa shape index (κ2) is 5.20. The monoisotopic (exact) mass is 235 g/mol. The average Bonchev–Trinajstić information content (AvgIpc) is 2.80. The van der Waals surface area contributed by atoms with Gasteiger partial charge in [-0.15, -0.1) is 0 Å². The van der Waals surface area contributed by atoms with Gasteiger partial charge in [-0.3, -0.25) is 0 Å². The van der Waals surface area contributed by atoms with E-state index >= 15 is 0 Å². The van der Waals surface area contributed by atoms with Gasteiger partial charge >= 0.3 is 7.12 Å². The predicted octanol–water partition coefficient (Wildman–Crippen LogP) is 0.647. The van der Waals surface area contributed by atoms with Crippen LogP contribution in [0.25, 0.3) is 0 Å². The zero-order valence-corrected chi connectivity index (χ0v) is 9.22. The van der Waals surface area contributed by atoms with Gasteiger partial charge < -0.3 is 14.5 Å². The molecular formula is C10H10BNO3S. The molecule has 2 aromatic rings. The molecule has 0 saturated heterocycles. The smallest absolute Gasteiger partial charge is 0.440 e. The molecule has 1 aromatic carbocycles. The number of oxazole rings is 1. The fourth-order valence-electron chi connectivity index (χ4n) is 1.21. The van der Waals surface area contributed by atoms with Gasteiger partial charge in [-0.25, -0.2) is 4.98 Å². The molecule has 0 aliphatic carbocycles. The molecule has 82 valence electrons. The van der Waals surface area contributed by atoms with Crippen LogP contribution in [0.3, 0.4) is 0 Å². The Labute approximate surface area is 97.5 Å². The third kappa shape index (κ3) is 2.88. The summed E-state index contributed by atoms with van der Waals surface area (Å²) >= 11 is 1.49. The van der Waals surface area contributed by atoms with Crippen LogP contribution in [0, 0.1) is 0 Å². The van der Waals surface area contributed by atoms with Crippen LogP contribution in [0.1, 0.15) is 5.56 Å². The minimum Gasteiger partial charge on any atom is -0.440 e. The molecule has 0 aliphatic rings. The van der Waals surface area contributed by atoms with Crippen molar-refractivity contribution < 1.29 is 14.5 Å². The van der Waals surface area contributed by atoms with Gasteiger partial charge in [0.1, 0.15) is 6.26 Å². The van der Waals surface area contributed by atoms with Crippen LogP contribution in [0.2, 0.25) is 0 Å². The number of hydrogen-bond donors (Lipinski definition) is 2. The van der Waals surface area contributed by atoms with Crippen LogP contribution >= 0.6 is 11.8 Å². The van der Waals surface area contributed by atoms with Crippen molar-refractivity contribution in [3.8, 4) is 0 Å². The molecule has 16 heavy (non-hydrogen) atoms. The first-order chi connectivity index (χ1) is 7.75. The van der Waals surface area contributed by atoms with Gasteiger partial charge in [-0.05, 0) is 11.0 Å². The lowest BCUT2D eigenvalue weighted by Gasteiger charge is -2.01. The lowest BCUT2D eigenvalue weighted by molar-refractivity contribution is 0.426. The maximum Gasteiger partial charge on any atom is 0.488 e. The summed E-state index contributed by atoms with van der Waals surface area (Å²) in [7, 11) is -1.41. The fraction of sp³-hybridized carbons (Fsp3) is 0.100. The van der Waals surface area contributed by atoms with Crippen LogP contribution in [0.15, 0.2) is 46.4 Å². The molecule has 1 heterocycles. The first-order valence-electron chi connectivity index (χ1n) is 4.73. The highest BCUT2D eigenvalue weighted by molar-refractivity contribution is 7.98. The zero-order valence-electron chi connectivity index (χ0n) is 8.41. The summed E-state index contributed by atoms with van der Waals surface area (Å²) in [4.78, 5) is 3.99. The van der Waals surface area contributed by atoms with E-state index in [2.05, 4.69) is 4.98 Å². The number of thioether (sulfide) groups is 1. The fourth-order valence-corrected chi connectivity index (χ4v) is 1.95. The van der Waals surface area contributed by atoms with Crippen molar-refractivity contribution >= 4 is 24.3 Å². The maximum atomic E-state index is 8.92. The van der Waals surface area contributed by atoms with Crippen LogP contribution in [-0.2, 0) is 5.75 Å². The number of hydrogen-bond acceptors (Lipinski definition) is 5. The van der Waals surface area contributed by atoms with Gasteiger partial charge in [0.25, 0.3) is 5.22 Å². The lowest BCUT2D eigenvalue weighted by Crippen LogP contribution is -2.29. The Morgan fingerprint density at radius 2 is 2.00 bits per heavy atom. The van der Waals surface area contributed by atoms with E-state index < -0.39 is 7.12 Å². The standard InChI is InChI=1S/C10H10BNO3S/c13-11(14)9-3-1-8(2-4-9)7-16-10-12-5-6-15-10/h1-6,13-14H,7H2. The normalized spacial score (nSPS) is 10.4. The Morgan fingerprint density at radius 3 is 2.56 bits per heavy atom. The van der Waals surface area contributed by atoms with Crippen molar-refractivity contribution in [2.24, 2.45) is 0 Å². The summed E-state index contributed by atoms with van der Waals surface area (Å²) in [6.07, 6.45) is 3.14. The van der Waals surface area contributed by atoms with Gasteiger partial charge in [0.15, 0.2) is 0 Å². The predicted molar refractivity (Wildman–Crippen MR) is 62.3 cm³/mol. The second-order valence-corrected chi connectivity index (χ2v) is 4.13. The molecule has 0 spiro atoms. The zero-order chi connectivity index (χ0) is 11.4. The summed E-state index contributed by atoms with van der Waals surface area (Å²) in [5.74, 6) is 0.738. The van der Waals surface area contributed by atoms with Crippen LogP contribution < -0.4 is 5.46 Å². The third-order valence-corrected chi connectivity index (χ3v) is 2.98. The molecule has 0 amide bonds. The molecule has 0 bridgehead atoms. The van der Waals surface area contributed by atoms with Crippen LogP contribution in [-0.4, -0.2) is 22.2 Å². The van der Waals surface area contributed by atoms with Gasteiger partial charge in [0.2, 0.25) is 0 Å². The Morgan fingerprint density at radius 1 is 1.25 bits per heavy atom. The number of rotatable bonds is 4. The third-order valence-electron chi connectivity index (χ3n) is 2.05. The highest BCUT2D eigenvalue weighted by atomic mass is 32.2. The van der Waals surface area contributed by atoms with Crippen LogP contribution in [0.5, 0.6) is 0 Å². The largest absolute Gasteiger partial charge is 0.488 e. The minimum absolute atomic E-state index is 0.491. The summed E-state index contributed by atoms with van der Waals surface area (Å²) in [5.41, 5.74) is 1.57. The molecule has 0 unspecified atom stereocenters. The van der Waals surface area contributed by atoms with E-state index in [1.54, 1.807) is 18.3 Å². The first kappa shape index (κ1) is 11.3. The number of benzene rings is 1. The van der Waals surface area contributed by atoms with Crippen molar-refractivity contribution in [2.45, 2.75) is 11.0 Å². The van der Waals surface area contributed by atoms with E-state index in [0.717, 1.165) is 11.3 Å². The summed E-state index contributed by atoms with van der Waals surface area (Å²) in [6.45, 7) is 0. The molecule has 0 radical (unpaired) electrons. The first-order valence-corrected chi connectivity index (χ1v) is 5.71. The highest BCUT2D eigenvalue weighted by Gasteiger charge is 2.09. The van der Waals surface area contributed by atoms with Gasteiger partial charge in [0.05, 0.1) is 6.20 Å². The highest BCUT2D eigenvalue weighted by Crippen LogP contribution is 2.19. The number of nitrogens with zero attached hydrogens (tertiary/aromatic N) is 1.